The molecule has 1 aliphatic heterocycles. The summed E-state index contributed by atoms with van der Waals surface area (Å²) in [5.41, 5.74) is 2.57. The van der Waals surface area contributed by atoms with Gasteiger partial charge in [0.15, 0.2) is 0 Å². The molecule has 150 valence electrons. The Kier molecular flexibility index (Phi) is 6.23. The number of carbonyl (C=O) groups excluding carboxylic acids is 1. The maximum atomic E-state index is 12.6. The summed E-state index contributed by atoms with van der Waals surface area (Å²) in [5.74, 6) is 0.192. The number of hydrogen-bond acceptors (Lipinski definition) is 3. The van der Waals surface area contributed by atoms with Crippen LogP contribution in [0.2, 0.25) is 0 Å². The Balaban J connectivity index is 1.27. The van der Waals surface area contributed by atoms with Gasteiger partial charge in [-0.05, 0) is 28.8 Å². The Morgan fingerprint density at radius 3 is 2.38 bits per heavy atom. The monoisotopic (exact) mass is 387 g/mol. The SMILES string of the molecule is C[C@H](NCC(=O)N1CCN(Cc2cccc3ccccc23)CC1)c1ccccc1. The largest absolute Gasteiger partial charge is 0.339 e. The fourth-order valence-corrected chi connectivity index (χ4v) is 4.04. The highest BCUT2D eigenvalue weighted by molar-refractivity contribution is 5.85. The summed E-state index contributed by atoms with van der Waals surface area (Å²) >= 11 is 0. The van der Waals surface area contributed by atoms with Crippen LogP contribution in [-0.2, 0) is 11.3 Å². The number of piperazine rings is 1. The highest BCUT2D eigenvalue weighted by Gasteiger charge is 2.21. The molecule has 1 aliphatic rings. The first-order chi connectivity index (χ1) is 14.2. The Morgan fingerprint density at radius 2 is 1.59 bits per heavy atom. The van der Waals surface area contributed by atoms with Crippen molar-refractivity contribution in [3.8, 4) is 0 Å². The van der Waals surface area contributed by atoms with E-state index in [9.17, 15) is 4.79 Å². The Hall–Kier alpha value is -2.69. The summed E-state index contributed by atoms with van der Waals surface area (Å²) in [6.07, 6.45) is 0. The molecule has 0 aromatic heterocycles. The molecular weight excluding hydrogens is 358 g/mol. The fraction of sp³-hybridized carbons (Fsp3) is 0.320. The standard InChI is InChI=1S/C25H29N3O/c1-20(21-8-3-2-4-9-21)26-18-25(29)28-16-14-27(15-17-28)19-23-12-7-11-22-10-5-6-13-24(22)23/h2-13,20,26H,14-19H2,1H3/t20-/m0/s1. The molecule has 4 rings (SSSR count). The summed E-state index contributed by atoms with van der Waals surface area (Å²) in [6.45, 7) is 6.86. The van der Waals surface area contributed by atoms with Gasteiger partial charge in [0.1, 0.15) is 0 Å². The van der Waals surface area contributed by atoms with Crippen molar-refractivity contribution in [1.29, 1.82) is 0 Å². The second kappa shape index (κ2) is 9.21. The first-order valence-corrected chi connectivity index (χ1v) is 10.5. The molecule has 0 aliphatic carbocycles. The smallest absolute Gasteiger partial charge is 0.236 e. The van der Waals surface area contributed by atoms with Crippen LogP contribution in [0, 0.1) is 0 Å². The van der Waals surface area contributed by atoms with Gasteiger partial charge in [-0.15, -0.1) is 0 Å². The molecule has 3 aromatic carbocycles. The van der Waals surface area contributed by atoms with E-state index < -0.39 is 0 Å². The number of fused-ring (bicyclic) bond motifs is 1. The predicted octanol–water partition coefficient (Wildman–Crippen LogP) is 3.83. The number of hydrogen-bond donors (Lipinski definition) is 1. The zero-order valence-corrected chi connectivity index (χ0v) is 17.1. The second-order valence-corrected chi connectivity index (χ2v) is 7.81. The summed E-state index contributed by atoms with van der Waals surface area (Å²) in [7, 11) is 0. The van der Waals surface area contributed by atoms with Crippen LogP contribution in [0.3, 0.4) is 0 Å². The molecule has 4 heteroatoms. The zero-order valence-electron chi connectivity index (χ0n) is 17.1. The summed E-state index contributed by atoms with van der Waals surface area (Å²) in [4.78, 5) is 17.1. The maximum absolute atomic E-state index is 12.6. The van der Waals surface area contributed by atoms with Crippen molar-refractivity contribution < 1.29 is 4.79 Å². The molecule has 29 heavy (non-hydrogen) atoms. The van der Waals surface area contributed by atoms with Crippen LogP contribution < -0.4 is 5.32 Å². The Labute approximate surface area is 173 Å². The highest BCUT2D eigenvalue weighted by atomic mass is 16.2. The van der Waals surface area contributed by atoms with E-state index in [0.717, 1.165) is 32.7 Å². The van der Waals surface area contributed by atoms with Gasteiger partial charge in [-0.25, -0.2) is 0 Å². The predicted molar refractivity (Wildman–Crippen MR) is 119 cm³/mol. The number of amides is 1. The molecule has 0 unspecified atom stereocenters. The molecule has 4 nitrogen and oxygen atoms in total. The number of nitrogens with zero attached hydrogens (tertiary/aromatic N) is 2. The van der Waals surface area contributed by atoms with Gasteiger partial charge in [-0.2, -0.15) is 0 Å². The molecule has 0 saturated carbocycles. The van der Waals surface area contributed by atoms with E-state index in [1.165, 1.54) is 21.9 Å². The molecule has 1 saturated heterocycles. The van der Waals surface area contributed by atoms with Crippen LogP contribution in [0.15, 0.2) is 72.8 Å². The lowest BCUT2D eigenvalue weighted by Crippen LogP contribution is -2.50. The van der Waals surface area contributed by atoms with Crippen LogP contribution in [0.1, 0.15) is 24.1 Å². The van der Waals surface area contributed by atoms with E-state index in [2.05, 4.69) is 71.7 Å². The first-order valence-electron chi connectivity index (χ1n) is 10.5. The van der Waals surface area contributed by atoms with Crippen molar-refractivity contribution >= 4 is 16.7 Å². The van der Waals surface area contributed by atoms with Gasteiger partial charge in [0.2, 0.25) is 5.91 Å². The molecule has 1 atom stereocenters. The van der Waals surface area contributed by atoms with Gasteiger partial charge in [0.05, 0.1) is 6.54 Å². The second-order valence-electron chi connectivity index (χ2n) is 7.81. The molecule has 3 aromatic rings. The molecule has 0 radical (unpaired) electrons. The lowest BCUT2D eigenvalue weighted by Gasteiger charge is -2.35. The number of benzene rings is 3. The highest BCUT2D eigenvalue weighted by Crippen LogP contribution is 2.20. The minimum absolute atomic E-state index is 0.174. The third-order valence-electron chi connectivity index (χ3n) is 5.86. The fourth-order valence-electron chi connectivity index (χ4n) is 4.04. The van der Waals surface area contributed by atoms with E-state index in [4.69, 9.17) is 0 Å². The number of carbonyl (C=O) groups is 1. The van der Waals surface area contributed by atoms with Gasteiger partial charge >= 0.3 is 0 Å². The first kappa shape index (κ1) is 19.6. The lowest BCUT2D eigenvalue weighted by molar-refractivity contribution is -0.132. The molecular formula is C25H29N3O. The normalized spacial score (nSPS) is 16.1. The van der Waals surface area contributed by atoms with Crippen molar-refractivity contribution in [2.45, 2.75) is 19.5 Å². The third-order valence-corrected chi connectivity index (χ3v) is 5.86. The van der Waals surface area contributed by atoms with Crippen molar-refractivity contribution in [3.63, 3.8) is 0 Å². The van der Waals surface area contributed by atoms with E-state index in [1.54, 1.807) is 0 Å². The van der Waals surface area contributed by atoms with Crippen molar-refractivity contribution in [3.05, 3.63) is 83.9 Å². The lowest BCUT2D eigenvalue weighted by atomic mass is 10.0. The van der Waals surface area contributed by atoms with E-state index >= 15 is 0 Å². The summed E-state index contributed by atoms with van der Waals surface area (Å²) in [6, 6.07) is 25.5. The van der Waals surface area contributed by atoms with E-state index in [0.29, 0.717) is 6.54 Å². The van der Waals surface area contributed by atoms with Crippen LogP contribution in [0.4, 0.5) is 0 Å². The summed E-state index contributed by atoms with van der Waals surface area (Å²) < 4.78 is 0. The quantitative estimate of drug-likeness (QED) is 0.698. The van der Waals surface area contributed by atoms with Gasteiger partial charge in [-0.3, -0.25) is 9.69 Å². The average molecular weight is 388 g/mol. The topological polar surface area (TPSA) is 35.6 Å². The molecule has 0 bridgehead atoms. The molecule has 1 N–H and O–H groups in total. The van der Waals surface area contributed by atoms with Crippen LogP contribution in [0.25, 0.3) is 10.8 Å². The van der Waals surface area contributed by atoms with Gasteiger partial charge in [-0.1, -0.05) is 72.8 Å². The summed E-state index contributed by atoms with van der Waals surface area (Å²) in [5, 5.41) is 5.98. The van der Waals surface area contributed by atoms with E-state index in [-0.39, 0.29) is 11.9 Å². The molecule has 1 heterocycles. The van der Waals surface area contributed by atoms with Gasteiger partial charge < -0.3 is 10.2 Å². The Morgan fingerprint density at radius 1 is 0.897 bits per heavy atom. The van der Waals surface area contributed by atoms with Crippen molar-refractivity contribution in [2.24, 2.45) is 0 Å². The minimum atomic E-state index is 0.174. The van der Waals surface area contributed by atoms with Gasteiger partial charge in [0, 0.05) is 38.8 Å². The molecule has 1 amide bonds. The van der Waals surface area contributed by atoms with Crippen molar-refractivity contribution in [2.75, 3.05) is 32.7 Å². The van der Waals surface area contributed by atoms with Crippen LogP contribution in [0.5, 0.6) is 0 Å². The zero-order chi connectivity index (χ0) is 20.1. The van der Waals surface area contributed by atoms with Crippen LogP contribution in [-0.4, -0.2) is 48.4 Å². The molecule has 0 spiro atoms. The number of nitrogens with one attached hydrogen (secondary N) is 1. The van der Waals surface area contributed by atoms with Gasteiger partial charge in [0.25, 0.3) is 0 Å². The maximum Gasteiger partial charge on any atom is 0.236 e. The number of rotatable bonds is 6. The van der Waals surface area contributed by atoms with Crippen molar-refractivity contribution in [1.82, 2.24) is 15.1 Å². The minimum Gasteiger partial charge on any atom is -0.339 e. The molecule has 1 fully saturated rings. The third kappa shape index (κ3) is 4.84. The Bertz CT molecular complexity index is 943. The van der Waals surface area contributed by atoms with E-state index in [1.807, 2.05) is 23.1 Å². The van der Waals surface area contributed by atoms with Crippen LogP contribution >= 0.6 is 0 Å². The average Bonchev–Trinajstić information content (AvgIpc) is 2.78.